The summed E-state index contributed by atoms with van der Waals surface area (Å²) >= 11 is 2.63. The van der Waals surface area contributed by atoms with E-state index in [1.54, 1.807) is 23.7 Å². The molecule has 0 aliphatic rings. The standard InChI is InChI=1S/C13H12N2OS2/c1-10-3-5-11(6-4-10)12(16)7-8-18-13(17-2)15-9-14/h3-8H,1-2H3. The van der Waals surface area contributed by atoms with Gasteiger partial charge in [-0.15, -0.1) is 11.8 Å². The molecule has 0 aliphatic carbocycles. The highest BCUT2D eigenvalue weighted by Gasteiger charge is 2.01. The molecular formula is C13H12N2OS2. The highest BCUT2D eigenvalue weighted by Crippen LogP contribution is 2.16. The van der Waals surface area contributed by atoms with Crippen molar-refractivity contribution in [3.05, 3.63) is 46.9 Å². The van der Waals surface area contributed by atoms with Crippen molar-refractivity contribution in [2.75, 3.05) is 6.26 Å². The van der Waals surface area contributed by atoms with Crippen LogP contribution >= 0.6 is 23.5 Å². The summed E-state index contributed by atoms with van der Waals surface area (Å²) in [5, 5.41) is 10.1. The third kappa shape index (κ3) is 4.78. The Morgan fingerprint density at radius 2 is 2.06 bits per heavy atom. The van der Waals surface area contributed by atoms with Crippen LogP contribution in [0, 0.1) is 18.4 Å². The summed E-state index contributed by atoms with van der Waals surface area (Å²) in [5.41, 5.74) is 1.77. The number of hydrogen-bond acceptors (Lipinski definition) is 5. The molecule has 0 radical (unpaired) electrons. The van der Waals surface area contributed by atoms with E-state index < -0.39 is 0 Å². The van der Waals surface area contributed by atoms with Crippen molar-refractivity contribution in [3.63, 3.8) is 0 Å². The Hall–Kier alpha value is -1.51. The van der Waals surface area contributed by atoms with Gasteiger partial charge in [0, 0.05) is 5.56 Å². The molecule has 0 saturated carbocycles. The van der Waals surface area contributed by atoms with Gasteiger partial charge in [0.15, 0.2) is 5.78 Å². The maximum atomic E-state index is 11.8. The average molecular weight is 276 g/mol. The van der Waals surface area contributed by atoms with Gasteiger partial charge >= 0.3 is 0 Å². The second kappa shape index (κ2) is 7.75. The number of aryl methyl sites for hydroxylation is 1. The van der Waals surface area contributed by atoms with E-state index in [9.17, 15) is 4.79 Å². The number of benzene rings is 1. The molecule has 0 aromatic heterocycles. The average Bonchev–Trinajstić information content (AvgIpc) is 2.38. The molecule has 1 aromatic rings. The molecule has 0 unspecified atom stereocenters. The van der Waals surface area contributed by atoms with E-state index in [0.717, 1.165) is 5.56 Å². The first-order chi connectivity index (χ1) is 8.67. The highest BCUT2D eigenvalue weighted by atomic mass is 32.2. The minimum atomic E-state index is -0.0556. The molecule has 0 bridgehead atoms. The fraction of sp³-hybridized carbons (Fsp3) is 0.154. The Balaban J connectivity index is 2.63. The van der Waals surface area contributed by atoms with Crippen LogP contribution in [0.1, 0.15) is 15.9 Å². The number of allylic oxidation sites excluding steroid dienone is 1. The first-order valence-corrected chi connectivity index (χ1v) is 7.22. The lowest BCUT2D eigenvalue weighted by atomic mass is 10.1. The SMILES string of the molecule is CSC(=NC#N)SC=CC(=O)c1ccc(C)cc1. The van der Waals surface area contributed by atoms with E-state index in [2.05, 4.69) is 4.99 Å². The molecule has 5 heteroatoms. The van der Waals surface area contributed by atoms with Gasteiger partial charge in [-0.1, -0.05) is 41.6 Å². The molecule has 3 nitrogen and oxygen atoms in total. The molecule has 0 heterocycles. The van der Waals surface area contributed by atoms with Gasteiger partial charge < -0.3 is 0 Å². The van der Waals surface area contributed by atoms with Crippen LogP contribution in [-0.2, 0) is 0 Å². The molecular weight excluding hydrogens is 264 g/mol. The summed E-state index contributed by atoms with van der Waals surface area (Å²) in [5.74, 6) is -0.0556. The number of aliphatic imine (C=N–C) groups is 1. The van der Waals surface area contributed by atoms with E-state index in [1.165, 1.54) is 29.6 Å². The number of ketones is 1. The molecule has 1 aromatic carbocycles. The molecule has 0 aliphatic heterocycles. The van der Waals surface area contributed by atoms with Crippen molar-refractivity contribution < 1.29 is 4.79 Å². The number of nitrogens with zero attached hydrogens (tertiary/aromatic N) is 2. The summed E-state index contributed by atoms with van der Waals surface area (Å²) in [4.78, 5) is 15.4. The van der Waals surface area contributed by atoms with Gasteiger partial charge in [-0.3, -0.25) is 4.79 Å². The van der Waals surface area contributed by atoms with E-state index in [0.29, 0.717) is 9.94 Å². The molecule has 18 heavy (non-hydrogen) atoms. The van der Waals surface area contributed by atoms with Crippen molar-refractivity contribution in [3.8, 4) is 6.19 Å². The lowest BCUT2D eigenvalue weighted by molar-refractivity contribution is 0.104. The predicted molar refractivity (Wildman–Crippen MR) is 78.8 cm³/mol. The Morgan fingerprint density at radius 3 is 2.61 bits per heavy atom. The Morgan fingerprint density at radius 1 is 1.39 bits per heavy atom. The van der Waals surface area contributed by atoms with E-state index in [-0.39, 0.29) is 5.78 Å². The van der Waals surface area contributed by atoms with Crippen LogP contribution in [0.3, 0.4) is 0 Å². The quantitative estimate of drug-likeness (QED) is 0.278. The number of hydrogen-bond donors (Lipinski definition) is 0. The third-order valence-electron chi connectivity index (χ3n) is 2.04. The summed E-state index contributed by atoms with van der Waals surface area (Å²) in [7, 11) is 0. The van der Waals surface area contributed by atoms with Gasteiger partial charge in [-0.2, -0.15) is 10.3 Å². The Kier molecular flexibility index (Phi) is 6.26. The van der Waals surface area contributed by atoms with Gasteiger partial charge in [0.05, 0.1) is 0 Å². The minimum absolute atomic E-state index is 0.0556. The monoisotopic (exact) mass is 276 g/mol. The summed E-state index contributed by atoms with van der Waals surface area (Å²) in [6, 6.07) is 7.40. The van der Waals surface area contributed by atoms with Crippen molar-refractivity contribution >= 4 is 33.7 Å². The molecule has 0 amide bonds. The number of rotatable bonds is 3. The number of thioether (sulfide) groups is 2. The fourth-order valence-corrected chi connectivity index (χ4v) is 2.21. The Bertz CT molecular complexity index is 513. The van der Waals surface area contributed by atoms with Crippen LogP contribution in [0.25, 0.3) is 0 Å². The molecule has 0 atom stereocenters. The summed E-state index contributed by atoms with van der Waals surface area (Å²) in [6.07, 6.45) is 5.04. The van der Waals surface area contributed by atoms with Gasteiger partial charge in [-0.05, 0) is 24.7 Å². The molecule has 0 fully saturated rings. The highest BCUT2D eigenvalue weighted by molar-refractivity contribution is 8.39. The van der Waals surface area contributed by atoms with Crippen molar-refractivity contribution in [2.24, 2.45) is 4.99 Å². The second-order valence-electron chi connectivity index (χ2n) is 3.33. The van der Waals surface area contributed by atoms with Gasteiger partial charge in [0.25, 0.3) is 0 Å². The Labute approximate surface area is 115 Å². The van der Waals surface area contributed by atoms with Crippen molar-refractivity contribution in [2.45, 2.75) is 6.92 Å². The van der Waals surface area contributed by atoms with E-state index in [4.69, 9.17) is 5.26 Å². The van der Waals surface area contributed by atoms with Crippen LogP contribution in [0.5, 0.6) is 0 Å². The normalized spacial score (nSPS) is 11.5. The van der Waals surface area contributed by atoms with Gasteiger partial charge in [-0.25, -0.2) is 0 Å². The van der Waals surface area contributed by atoms with Gasteiger partial charge in [0.1, 0.15) is 4.38 Å². The summed E-state index contributed by atoms with van der Waals surface area (Å²) < 4.78 is 0.616. The predicted octanol–water partition coefficient (Wildman–Crippen LogP) is 3.62. The zero-order chi connectivity index (χ0) is 13.4. The van der Waals surface area contributed by atoms with Crippen molar-refractivity contribution in [1.29, 1.82) is 5.26 Å². The van der Waals surface area contributed by atoms with E-state index in [1.807, 2.05) is 25.3 Å². The zero-order valence-corrected chi connectivity index (χ0v) is 11.7. The molecule has 1 rings (SSSR count). The number of nitriles is 1. The van der Waals surface area contributed by atoms with E-state index >= 15 is 0 Å². The fourth-order valence-electron chi connectivity index (χ4n) is 1.13. The van der Waals surface area contributed by atoms with Crippen LogP contribution in [-0.4, -0.2) is 16.4 Å². The van der Waals surface area contributed by atoms with Crippen molar-refractivity contribution in [1.82, 2.24) is 0 Å². The second-order valence-corrected chi connectivity index (χ2v) is 5.28. The molecule has 0 N–H and O–H groups in total. The molecule has 92 valence electrons. The molecule has 0 spiro atoms. The van der Waals surface area contributed by atoms with Gasteiger partial charge in [0.2, 0.25) is 6.19 Å². The molecule has 0 saturated heterocycles. The van der Waals surface area contributed by atoms with Crippen LogP contribution in [0.4, 0.5) is 0 Å². The number of carbonyl (C=O) groups is 1. The lowest BCUT2D eigenvalue weighted by Crippen LogP contribution is -1.93. The third-order valence-corrected chi connectivity index (χ3v) is 3.83. The smallest absolute Gasteiger partial charge is 0.207 e. The maximum Gasteiger partial charge on any atom is 0.207 e. The largest absolute Gasteiger partial charge is 0.289 e. The van der Waals surface area contributed by atoms with Crippen LogP contribution in [0.2, 0.25) is 0 Å². The number of carbonyl (C=O) groups excluding carboxylic acids is 1. The maximum absolute atomic E-state index is 11.8. The first kappa shape index (κ1) is 14.6. The minimum Gasteiger partial charge on any atom is -0.289 e. The zero-order valence-electron chi connectivity index (χ0n) is 10.1. The van der Waals surface area contributed by atoms with Crippen LogP contribution in [0.15, 0.2) is 40.7 Å². The van der Waals surface area contributed by atoms with Crippen LogP contribution < -0.4 is 0 Å². The topological polar surface area (TPSA) is 53.2 Å². The lowest BCUT2D eigenvalue weighted by Gasteiger charge is -1.97. The summed E-state index contributed by atoms with van der Waals surface area (Å²) in [6.45, 7) is 1.98. The first-order valence-electron chi connectivity index (χ1n) is 5.12.